The molecule has 0 aromatic heterocycles. The lowest BCUT2D eigenvalue weighted by Gasteiger charge is -2.16. The molecule has 7 heteroatoms. The molecule has 0 fully saturated rings. The van der Waals surface area contributed by atoms with E-state index in [-0.39, 0.29) is 0 Å². The number of phosphoric ester groups is 1. The van der Waals surface area contributed by atoms with Crippen molar-refractivity contribution in [2.24, 2.45) is 0 Å². The lowest BCUT2D eigenvalue weighted by molar-refractivity contribution is 0.208. The average molecular weight is 278 g/mol. The largest absolute Gasteiger partial charge is 0.529 e. The SMILES string of the molecule is COP(=O)(OC)Oc1ccccc1OCSC. The lowest BCUT2D eigenvalue weighted by atomic mass is 10.3. The molecule has 1 aromatic carbocycles. The molecule has 0 saturated carbocycles. The third-order valence-electron chi connectivity index (χ3n) is 1.84. The standard InChI is InChI=1S/C10H15O5PS/c1-12-16(11,13-2)15-10-7-5-4-6-9(10)14-8-17-3/h4-7H,8H2,1-3H3. The van der Waals surface area contributed by atoms with Gasteiger partial charge in [-0.1, -0.05) is 12.1 Å². The third kappa shape index (κ3) is 4.24. The summed E-state index contributed by atoms with van der Waals surface area (Å²) in [5.74, 6) is 1.30. The molecule has 1 rings (SSSR count). The molecule has 0 amide bonds. The summed E-state index contributed by atoms with van der Waals surface area (Å²) in [6.07, 6.45) is 1.92. The molecule has 0 aliphatic rings. The van der Waals surface area contributed by atoms with E-state index in [1.165, 1.54) is 26.0 Å². The van der Waals surface area contributed by atoms with Crippen LogP contribution in [-0.4, -0.2) is 26.4 Å². The van der Waals surface area contributed by atoms with E-state index < -0.39 is 7.82 Å². The van der Waals surface area contributed by atoms with E-state index in [1.807, 2.05) is 6.26 Å². The van der Waals surface area contributed by atoms with Crippen molar-refractivity contribution in [2.75, 3.05) is 26.4 Å². The summed E-state index contributed by atoms with van der Waals surface area (Å²) in [7, 11) is -1.03. The first-order valence-corrected chi connectivity index (χ1v) is 7.62. The Kier molecular flexibility index (Phi) is 5.85. The number of para-hydroxylation sites is 2. The fraction of sp³-hybridized carbons (Fsp3) is 0.400. The van der Waals surface area contributed by atoms with Crippen LogP contribution in [0.5, 0.6) is 11.5 Å². The summed E-state index contributed by atoms with van der Waals surface area (Å²) in [4.78, 5) is 0. The monoisotopic (exact) mass is 278 g/mol. The van der Waals surface area contributed by atoms with E-state index in [0.717, 1.165) is 0 Å². The second-order valence-corrected chi connectivity index (χ2v) is 5.52. The van der Waals surface area contributed by atoms with Crippen LogP contribution >= 0.6 is 19.6 Å². The first kappa shape index (κ1) is 14.4. The molecule has 0 unspecified atom stereocenters. The Balaban J connectivity index is 2.86. The predicted molar refractivity (Wildman–Crippen MR) is 67.7 cm³/mol. The molecular formula is C10H15O5PS. The summed E-state index contributed by atoms with van der Waals surface area (Å²) in [6, 6.07) is 6.91. The fourth-order valence-corrected chi connectivity index (χ4v) is 1.97. The van der Waals surface area contributed by atoms with E-state index in [9.17, 15) is 4.57 Å². The zero-order valence-corrected chi connectivity index (χ0v) is 11.6. The fourth-order valence-electron chi connectivity index (χ4n) is 1.04. The average Bonchev–Trinajstić information content (AvgIpc) is 2.37. The molecule has 0 spiro atoms. The summed E-state index contributed by atoms with van der Waals surface area (Å²) < 4.78 is 31.9. The van der Waals surface area contributed by atoms with Gasteiger partial charge in [-0.15, -0.1) is 11.8 Å². The number of rotatable bonds is 7. The van der Waals surface area contributed by atoms with Crippen molar-refractivity contribution < 1.29 is 22.9 Å². The van der Waals surface area contributed by atoms with Crippen molar-refractivity contribution in [3.05, 3.63) is 24.3 Å². The molecule has 0 aliphatic carbocycles. The van der Waals surface area contributed by atoms with Gasteiger partial charge < -0.3 is 9.26 Å². The van der Waals surface area contributed by atoms with Crippen molar-refractivity contribution in [3.63, 3.8) is 0 Å². The maximum absolute atomic E-state index is 11.8. The van der Waals surface area contributed by atoms with E-state index in [4.69, 9.17) is 18.3 Å². The molecular weight excluding hydrogens is 263 g/mol. The van der Waals surface area contributed by atoms with Gasteiger partial charge in [0.05, 0.1) is 0 Å². The van der Waals surface area contributed by atoms with E-state index in [1.54, 1.807) is 24.3 Å². The first-order chi connectivity index (χ1) is 8.15. The normalized spacial score (nSPS) is 11.2. The molecule has 1 aromatic rings. The topological polar surface area (TPSA) is 54.0 Å². The van der Waals surface area contributed by atoms with Crippen LogP contribution in [-0.2, 0) is 13.6 Å². The van der Waals surface area contributed by atoms with Crippen LogP contribution in [0.25, 0.3) is 0 Å². The van der Waals surface area contributed by atoms with Gasteiger partial charge in [0.15, 0.2) is 11.5 Å². The number of hydrogen-bond acceptors (Lipinski definition) is 6. The number of phosphoric acid groups is 1. The van der Waals surface area contributed by atoms with Gasteiger partial charge in [0.2, 0.25) is 0 Å². The highest BCUT2D eigenvalue weighted by atomic mass is 32.2. The van der Waals surface area contributed by atoms with Crippen LogP contribution in [0.1, 0.15) is 0 Å². The molecule has 0 aliphatic heterocycles. The van der Waals surface area contributed by atoms with Gasteiger partial charge >= 0.3 is 7.82 Å². The molecule has 0 radical (unpaired) electrons. The molecule has 5 nitrogen and oxygen atoms in total. The second-order valence-electron chi connectivity index (χ2n) is 2.90. The molecule has 96 valence electrons. The van der Waals surface area contributed by atoms with Gasteiger partial charge in [-0.2, -0.15) is 0 Å². The highest BCUT2D eigenvalue weighted by Gasteiger charge is 2.26. The minimum absolute atomic E-state index is 0.327. The summed E-state index contributed by atoms with van der Waals surface area (Å²) in [5, 5.41) is 0. The quantitative estimate of drug-likeness (QED) is 0.564. The minimum atomic E-state index is -3.55. The Morgan fingerprint density at radius 1 is 1.18 bits per heavy atom. The van der Waals surface area contributed by atoms with Crippen molar-refractivity contribution in [2.45, 2.75) is 0 Å². The van der Waals surface area contributed by atoms with Gasteiger partial charge in [0.1, 0.15) is 5.94 Å². The Hall–Kier alpha value is -0.680. The van der Waals surface area contributed by atoms with Gasteiger partial charge in [0, 0.05) is 14.2 Å². The second kappa shape index (κ2) is 6.91. The summed E-state index contributed by atoms with van der Waals surface area (Å²) in [6.45, 7) is 0. The third-order valence-corrected chi connectivity index (χ3v) is 3.51. The zero-order valence-electron chi connectivity index (χ0n) is 9.91. The molecule has 17 heavy (non-hydrogen) atoms. The van der Waals surface area contributed by atoms with Crippen LogP contribution in [0.2, 0.25) is 0 Å². The summed E-state index contributed by atoms with van der Waals surface area (Å²) >= 11 is 1.53. The summed E-state index contributed by atoms with van der Waals surface area (Å²) in [5.41, 5.74) is 0. The Morgan fingerprint density at radius 2 is 1.76 bits per heavy atom. The molecule has 0 bridgehead atoms. The molecule has 0 atom stereocenters. The minimum Gasteiger partial charge on any atom is -0.479 e. The van der Waals surface area contributed by atoms with Gasteiger partial charge in [-0.3, -0.25) is 9.05 Å². The van der Waals surface area contributed by atoms with Crippen molar-refractivity contribution in [3.8, 4) is 11.5 Å². The van der Waals surface area contributed by atoms with Gasteiger partial charge in [-0.25, -0.2) is 4.57 Å². The van der Waals surface area contributed by atoms with Crippen molar-refractivity contribution in [1.82, 2.24) is 0 Å². The first-order valence-electron chi connectivity index (χ1n) is 4.77. The maximum atomic E-state index is 11.8. The molecule has 0 N–H and O–H groups in total. The molecule has 0 saturated heterocycles. The number of ether oxygens (including phenoxy) is 1. The van der Waals surface area contributed by atoms with Gasteiger partial charge in [0.25, 0.3) is 0 Å². The highest BCUT2D eigenvalue weighted by Crippen LogP contribution is 2.49. The maximum Gasteiger partial charge on any atom is 0.529 e. The van der Waals surface area contributed by atoms with Crippen molar-refractivity contribution >= 4 is 19.6 Å². The Bertz CT molecular complexity index is 390. The van der Waals surface area contributed by atoms with Gasteiger partial charge in [-0.05, 0) is 18.4 Å². The van der Waals surface area contributed by atoms with Crippen molar-refractivity contribution in [1.29, 1.82) is 0 Å². The number of hydrogen-bond donors (Lipinski definition) is 0. The van der Waals surface area contributed by atoms with Crippen LogP contribution in [0.4, 0.5) is 0 Å². The van der Waals surface area contributed by atoms with Crippen LogP contribution in [0.15, 0.2) is 24.3 Å². The lowest BCUT2D eigenvalue weighted by Crippen LogP contribution is -2.00. The van der Waals surface area contributed by atoms with E-state index in [0.29, 0.717) is 17.4 Å². The Morgan fingerprint density at radius 3 is 2.29 bits per heavy atom. The Labute approximate surface area is 105 Å². The van der Waals surface area contributed by atoms with E-state index >= 15 is 0 Å². The van der Waals surface area contributed by atoms with E-state index in [2.05, 4.69) is 0 Å². The highest BCUT2D eigenvalue weighted by molar-refractivity contribution is 7.98. The van der Waals surface area contributed by atoms with Crippen LogP contribution in [0, 0.1) is 0 Å². The predicted octanol–water partition coefficient (Wildman–Crippen LogP) is 3.17. The van der Waals surface area contributed by atoms with Crippen LogP contribution in [0.3, 0.4) is 0 Å². The van der Waals surface area contributed by atoms with Crippen LogP contribution < -0.4 is 9.26 Å². The smallest absolute Gasteiger partial charge is 0.479 e. The number of thioether (sulfide) groups is 1. The zero-order chi connectivity index (χ0) is 12.7. The molecule has 0 heterocycles. The number of benzene rings is 1.